The van der Waals surface area contributed by atoms with E-state index < -0.39 is 11.6 Å². The van der Waals surface area contributed by atoms with Crippen molar-refractivity contribution >= 4 is 5.91 Å². The highest BCUT2D eigenvalue weighted by Crippen LogP contribution is 2.27. The number of likely N-dealkylation sites (tertiary alicyclic amines) is 1. The molecule has 0 radical (unpaired) electrons. The third kappa shape index (κ3) is 3.96. The Hall–Kier alpha value is -2.54. The molecular weight excluding hydrogens is 374 g/mol. The van der Waals surface area contributed by atoms with Crippen LogP contribution in [0.2, 0.25) is 0 Å². The molecule has 7 heteroatoms. The molecule has 2 aliphatic rings. The molecule has 1 aliphatic heterocycles. The lowest BCUT2D eigenvalue weighted by molar-refractivity contribution is 0.0785. The van der Waals surface area contributed by atoms with Crippen molar-refractivity contribution in [3.8, 4) is 0 Å². The lowest BCUT2D eigenvalue weighted by Gasteiger charge is -2.25. The van der Waals surface area contributed by atoms with Gasteiger partial charge in [0.15, 0.2) is 17.3 Å². The van der Waals surface area contributed by atoms with E-state index in [2.05, 4.69) is 17.0 Å². The number of benzene rings is 1. The molecule has 1 amide bonds. The Morgan fingerprint density at radius 1 is 1.31 bits per heavy atom. The van der Waals surface area contributed by atoms with E-state index in [4.69, 9.17) is 0 Å². The van der Waals surface area contributed by atoms with Crippen LogP contribution in [-0.2, 0) is 25.9 Å². The number of carbonyl (C=O) groups excluding carboxylic acids is 1. The SMILES string of the molecule is C=CCn1nc(C(=O)N2CCCC2)c2c1CCC(NCc1cccc(F)c1F)C2. The number of halogens is 2. The highest BCUT2D eigenvalue weighted by molar-refractivity contribution is 5.94. The summed E-state index contributed by atoms with van der Waals surface area (Å²) in [7, 11) is 0. The standard InChI is InChI=1S/C22H26F2N4O/c1-2-10-28-19-9-8-16(25-14-15-6-5-7-18(23)20(15)24)13-17(19)21(26-28)22(29)27-11-3-4-12-27/h2,5-7,16,25H,1,3-4,8-14H2. The van der Waals surface area contributed by atoms with Gasteiger partial charge in [0.1, 0.15) is 0 Å². The Morgan fingerprint density at radius 3 is 2.86 bits per heavy atom. The van der Waals surface area contributed by atoms with Crippen LogP contribution in [0.5, 0.6) is 0 Å². The average Bonchev–Trinajstić information content (AvgIpc) is 3.37. The normalized spacial score (nSPS) is 18.7. The monoisotopic (exact) mass is 400 g/mol. The molecule has 0 bridgehead atoms. The van der Waals surface area contributed by atoms with Gasteiger partial charge in [-0.3, -0.25) is 9.48 Å². The number of carbonyl (C=O) groups is 1. The first kappa shape index (κ1) is 19.8. The molecule has 1 aromatic heterocycles. The van der Waals surface area contributed by atoms with E-state index in [1.165, 1.54) is 6.07 Å². The van der Waals surface area contributed by atoms with Crippen LogP contribution < -0.4 is 5.32 Å². The molecular formula is C22H26F2N4O. The second-order valence-electron chi connectivity index (χ2n) is 7.78. The number of amides is 1. The number of aromatic nitrogens is 2. The number of hydrogen-bond donors (Lipinski definition) is 1. The lowest BCUT2D eigenvalue weighted by Crippen LogP contribution is -2.36. The number of hydrogen-bond acceptors (Lipinski definition) is 3. The van der Waals surface area contributed by atoms with E-state index >= 15 is 0 Å². The highest BCUT2D eigenvalue weighted by atomic mass is 19.2. The molecule has 2 heterocycles. The van der Waals surface area contributed by atoms with Crippen LogP contribution in [0.25, 0.3) is 0 Å². The van der Waals surface area contributed by atoms with Crippen molar-refractivity contribution < 1.29 is 13.6 Å². The van der Waals surface area contributed by atoms with Crippen molar-refractivity contribution in [2.24, 2.45) is 0 Å². The fourth-order valence-corrected chi connectivity index (χ4v) is 4.32. The zero-order chi connectivity index (χ0) is 20.4. The van der Waals surface area contributed by atoms with Gasteiger partial charge in [-0.15, -0.1) is 6.58 Å². The first-order valence-electron chi connectivity index (χ1n) is 10.2. The third-order valence-electron chi connectivity index (χ3n) is 5.86. The van der Waals surface area contributed by atoms with Crippen LogP contribution >= 0.6 is 0 Å². The van der Waals surface area contributed by atoms with Gasteiger partial charge in [-0.25, -0.2) is 8.78 Å². The van der Waals surface area contributed by atoms with Crippen LogP contribution in [0.4, 0.5) is 8.78 Å². The predicted molar refractivity (Wildman–Crippen MR) is 107 cm³/mol. The summed E-state index contributed by atoms with van der Waals surface area (Å²) in [4.78, 5) is 14.9. The van der Waals surface area contributed by atoms with Crippen LogP contribution in [0.3, 0.4) is 0 Å². The smallest absolute Gasteiger partial charge is 0.274 e. The van der Waals surface area contributed by atoms with E-state index in [1.54, 1.807) is 12.1 Å². The lowest BCUT2D eigenvalue weighted by atomic mass is 9.91. The predicted octanol–water partition coefficient (Wildman–Crippen LogP) is 3.23. The molecule has 1 N–H and O–H groups in total. The Morgan fingerprint density at radius 2 is 2.10 bits per heavy atom. The van der Waals surface area contributed by atoms with Gasteiger partial charge < -0.3 is 10.2 Å². The van der Waals surface area contributed by atoms with E-state index in [9.17, 15) is 13.6 Å². The van der Waals surface area contributed by atoms with E-state index in [1.807, 2.05) is 9.58 Å². The van der Waals surface area contributed by atoms with Crippen molar-refractivity contribution in [2.75, 3.05) is 13.1 Å². The summed E-state index contributed by atoms with van der Waals surface area (Å²) in [6, 6.07) is 4.30. The minimum atomic E-state index is -0.834. The Kier molecular flexibility index (Phi) is 5.76. The molecule has 1 aromatic carbocycles. The van der Waals surface area contributed by atoms with Gasteiger partial charge in [0, 0.05) is 42.5 Å². The summed E-state index contributed by atoms with van der Waals surface area (Å²) in [5.74, 6) is -1.64. The molecule has 1 fully saturated rings. The van der Waals surface area contributed by atoms with Gasteiger partial charge in [0.25, 0.3) is 5.91 Å². The molecule has 0 spiro atoms. The van der Waals surface area contributed by atoms with Crippen LogP contribution in [0.1, 0.15) is 46.6 Å². The zero-order valence-electron chi connectivity index (χ0n) is 16.5. The Balaban J connectivity index is 1.53. The number of nitrogens with zero attached hydrogens (tertiary/aromatic N) is 3. The van der Waals surface area contributed by atoms with E-state index in [-0.39, 0.29) is 18.5 Å². The Labute approximate surface area is 169 Å². The van der Waals surface area contributed by atoms with Gasteiger partial charge in [-0.05, 0) is 38.2 Å². The minimum absolute atomic E-state index is 0.00149. The molecule has 2 aromatic rings. The number of nitrogens with one attached hydrogen (secondary N) is 1. The van der Waals surface area contributed by atoms with Gasteiger partial charge in [-0.2, -0.15) is 5.10 Å². The first-order chi connectivity index (χ1) is 14.1. The zero-order valence-corrected chi connectivity index (χ0v) is 16.5. The second kappa shape index (κ2) is 8.45. The largest absolute Gasteiger partial charge is 0.337 e. The summed E-state index contributed by atoms with van der Waals surface area (Å²) in [5.41, 5.74) is 2.91. The fourth-order valence-electron chi connectivity index (χ4n) is 4.32. The van der Waals surface area contributed by atoms with E-state index in [0.29, 0.717) is 24.2 Å². The van der Waals surface area contributed by atoms with Crippen LogP contribution in [0.15, 0.2) is 30.9 Å². The summed E-state index contributed by atoms with van der Waals surface area (Å²) in [6.07, 6.45) is 6.14. The van der Waals surface area contributed by atoms with Crippen molar-refractivity contribution in [1.29, 1.82) is 0 Å². The van der Waals surface area contributed by atoms with Crippen LogP contribution in [-0.4, -0.2) is 39.7 Å². The molecule has 29 heavy (non-hydrogen) atoms. The van der Waals surface area contributed by atoms with Crippen molar-refractivity contribution in [3.05, 3.63) is 65.0 Å². The summed E-state index contributed by atoms with van der Waals surface area (Å²) in [5, 5.41) is 7.96. The minimum Gasteiger partial charge on any atom is -0.337 e. The maximum Gasteiger partial charge on any atom is 0.274 e. The summed E-state index contributed by atoms with van der Waals surface area (Å²) < 4.78 is 29.3. The van der Waals surface area contributed by atoms with Gasteiger partial charge in [0.05, 0.1) is 6.54 Å². The van der Waals surface area contributed by atoms with Crippen molar-refractivity contribution in [3.63, 3.8) is 0 Å². The molecule has 1 unspecified atom stereocenters. The molecule has 1 atom stereocenters. The highest BCUT2D eigenvalue weighted by Gasteiger charge is 2.31. The number of rotatable bonds is 6. The first-order valence-corrected chi connectivity index (χ1v) is 10.2. The second-order valence-corrected chi connectivity index (χ2v) is 7.78. The van der Waals surface area contributed by atoms with Gasteiger partial charge in [-0.1, -0.05) is 18.2 Å². The third-order valence-corrected chi connectivity index (χ3v) is 5.86. The van der Waals surface area contributed by atoms with Gasteiger partial charge >= 0.3 is 0 Å². The summed E-state index contributed by atoms with van der Waals surface area (Å²) in [6.45, 7) is 6.18. The molecule has 5 nitrogen and oxygen atoms in total. The fraction of sp³-hybridized carbons (Fsp3) is 0.455. The maximum absolute atomic E-state index is 13.9. The summed E-state index contributed by atoms with van der Waals surface area (Å²) >= 11 is 0. The Bertz CT molecular complexity index is 918. The van der Waals surface area contributed by atoms with Gasteiger partial charge in [0.2, 0.25) is 0 Å². The average molecular weight is 400 g/mol. The van der Waals surface area contributed by atoms with Crippen molar-refractivity contribution in [1.82, 2.24) is 20.0 Å². The topological polar surface area (TPSA) is 50.2 Å². The van der Waals surface area contributed by atoms with Crippen LogP contribution in [0, 0.1) is 11.6 Å². The number of fused-ring (bicyclic) bond motifs is 1. The molecule has 1 saturated heterocycles. The molecule has 0 saturated carbocycles. The molecule has 4 rings (SSSR count). The molecule has 1 aliphatic carbocycles. The molecule has 154 valence electrons. The van der Waals surface area contributed by atoms with E-state index in [0.717, 1.165) is 56.1 Å². The number of allylic oxidation sites excluding steroid dienone is 1. The quantitative estimate of drug-likeness (QED) is 0.758. The van der Waals surface area contributed by atoms with Crippen molar-refractivity contribution in [2.45, 2.75) is 51.2 Å². The maximum atomic E-state index is 13.9.